The van der Waals surface area contributed by atoms with Crippen molar-refractivity contribution in [2.75, 3.05) is 20.3 Å². The highest BCUT2D eigenvalue weighted by Crippen LogP contribution is 2.06. The van der Waals surface area contributed by atoms with Gasteiger partial charge >= 0.3 is 0 Å². The van der Waals surface area contributed by atoms with E-state index in [0.717, 1.165) is 10.9 Å². The molecule has 108 valence electrons. The van der Waals surface area contributed by atoms with Crippen molar-refractivity contribution in [2.45, 2.75) is 13.1 Å². The van der Waals surface area contributed by atoms with Gasteiger partial charge in [0.1, 0.15) is 12.4 Å². The fourth-order valence-electron chi connectivity index (χ4n) is 1.63. The minimum Gasteiger partial charge on any atom is -0.385 e. The molecule has 0 aliphatic rings. The number of rotatable bonds is 7. The van der Waals surface area contributed by atoms with Gasteiger partial charge < -0.3 is 10.1 Å². The van der Waals surface area contributed by atoms with Crippen LogP contribution < -0.4 is 5.32 Å². The third kappa shape index (κ3) is 4.17. The molecule has 0 saturated heterocycles. The van der Waals surface area contributed by atoms with Gasteiger partial charge in [0.25, 0.3) is 5.91 Å². The molecule has 0 fully saturated rings. The van der Waals surface area contributed by atoms with Crippen LogP contribution in [-0.4, -0.2) is 45.7 Å². The average molecular weight is 342 g/mol. The Morgan fingerprint density at radius 1 is 1.50 bits per heavy atom. The summed E-state index contributed by atoms with van der Waals surface area (Å²) < 4.78 is 9.20. The van der Waals surface area contributed by atoms with Crippen molar-refractivity contribution in [2.24, 2.45) is 0 Å². The van der Waals surface area contributed by atoms with Gasteiger partial charge in [-0.2, -0.15) is 10.2 Å². The Morgan fingerprint density at radius 3 is 3.05 bits per heavy atom. The molecule has 20 heavy (non-hydrogen) atoms. The number of nitrogens with one attached hydrogen (secondary N) is 1. The molecule has 1 N–H and O–H groups in total. The summed E-state index contributed by atoms with van der Waals surface area (Å²) in [6.45, 7) is 1.66. The maximum Gasteiger partial charge on any atom is 0.271 e. The molecule has 7 nitrogen and oxygen atoms in total. The van der Waals surface area contributed by atoms with E-state index < -0.39 is 0 Å². The standard InChI is InChI=1S/C12H16BrN5O2/c1-20-6-2-4-14-12(19)11-3-5-17(16-11)9-18-8-10(13)7-15-18/h3,5,7-8H,2,4,6,9H2,1H3,(H,14,19). The molecular weight excluding hydrogens is 326 g/mol. The van der Waals surface area contributed by atoms with E-state index in [1.807, 2.05) is 6.20 Å². The number of carbonyl (C=O) groups excluding carboxylic acids is 1. The summed E-state index contributed by atoms with van der Waals surface area (Å²) in [6.07, 6.45) is 6.07. The van der Waals surface area contributed by atoms with Gasteiger partial charge in [-0.1, -0.05) is 0 Å². The molecular formula is C12H16BrN5O2. The molecule has 0 atom stereocenters. The zero-order valence-corrected chi connectivity index (χ0v) is 12.7. The zero-order chi connectivity index (χ0) is 14.4. The maximum absolute atomic E-state index is 11.8. The first-order valence-corrected chi connectivity index (χ1v) is 6.97. The first-order chi connectivity index (χ1) is 9.69. The van der Waals surface area contributed by atoms with Gasteiger partial charge in [-0.25, -0.2) is 4.68 Å². The number of hydrogen-bond acceptors (Lipinski definition) is 4. The summed E-state index contributed by atoms with van der Waals surface area (Å²) in [5.74, 6) is -0.179. The van der Waals surface area contributed by atoms with Crippen LogP contribution in [0, 0.1) is 0 Å². The number of methoxy groups -OCH3 is 1. The summed E-state index contributed by atoms with van der Waals surface area (Å²) in [5, 5.41) is 11.1. The molecule has 0 aliphatic heterocycles. The maximum atomic E-state index is 11.8. The largest absolute Gasteiger partial charge is 0.385 e. The molecule has 2 aromatic rings. The van der Waals surface area contributed by atoms with Crippen molar-refractivity contribution >= 4 is 21.8 Å². The first kappa shape index (κ1) is 14.7. The van der Waals surface area contributed by atoms with Crippen LogP contribution in [0.5, 0.6) is 0 Å². The number of ether oxygens (including phenoxy) is 1. The summed E-state index contributed by atoms with van der Waals surface area (Å²) in [6, 6.07) is 1.68. The van der Waals surface area contributed by atoms with Gasteiger partial charge in [0.15, 0.2) is 0 Å². The van der Waals surface area contributed by atoms with E-state index in [1.165, 1.54) is 0 Å². The van der Waals surface area contributed by atoms with Crippen LogP contribution >= 0.6 is 15.9 Å². The van der Waals surface area contributed by atoms with Crippen molar-refractivity contribution in [3.8, 4) is 0 Å². The predicted octanol–water partition coefficient (Wildman–Crippen LogP) is 1.11. The lowest BCUT2D eigenvalue weighted by Crippen LogP contribution is -2.26. The van der Waals surface area contributed by atoms with Gasteiger partial charge in [-0.05, 0) is 28.4 Å². The van der Waals surface area contributed by atoms with E-state index in [-0.39, 0.29) is 5.91 Å². The smallest absolute Gasteiger partial charge is 0.271 e. The fraction of sp³-hybridized carbons (Fsp3) is 0.417. The van der Waals surface area contributed by atoms with E-state index in [2.05, 4.69) is 31.4 Å². The summed E-state index contributed by atoms with van der Waals surface area (Å²) >= 11 is 3.33. The van der Waals surface area contributed by atoms with Crippen LogP contribution in [0.1, 0.15) is 16.9 Å². The summed E-state index contributed by atoms with van der Waals surface area (Å²) in [5.41, 5.74) is 0.397. The first-order valence-electron chi connectivity index (χ1n) is 6.17. The highest BCUT2D eigenvalue weighted by molar-refractivity contribution is 9.10. The van der Waals surface area contributed by atoms with Crippen molar-refractivity contribution in [3.05, 3.63) is 34.8 Å². The van der Waals surface area contributed by atoms with Gasteiger partial charge in [0.2, 0.25) is 0 Å². The van der Waals surface area contributed by atoms with Gasteiger partial charge in [-0.3, -0.25) is 9.48 Å². The highest BCUT2D eigenvalue weighted by atomic mass is 79.9. The van der Waals surface area contributed by atoms with E-state index in [4.69, 9.17) is 4.74 Å². The van der Waals surface area contributed by atoms with Gasteiger partial charge in [0.05, 0.1) is 10.7 Å². The van der Waals surface area contributed by atoms with Crippen LogP contribution in [0.25, 0.3) is 0 Å². The molecule has 0 unspecified atom stereocenters. The van der Waals surface area contributed by atoms with Crippen molar-refractivity contribution in [1.82, 2.24) is 24.9 Å². The quantitative estimate of drug-likeness (QED) is 0.765. The van der Waals surface area contributed by atoms with Gasteiger partial charge in [0, 0.05) is 32.7 Å². The average Bonchev–Trinajstić information content (AvgIpc) is 3.04. The Kier molecular flexibility index (Phi) is 5.31. The molecule has 1 amide bonds. The number of nitrogens with zero attached hydrogens (tertiary/aromatic N) is 4. The lowest BCUT2D eigenvalue weighted by Gasteiger charge is -2.03. The molecule has 0 radical (unpaired) electrons. The van der Waals surface area contributed by atoms with Crippen LogP contribution in [0.15, 0.2) is 29.1 Å². The number of aromatic nitrogens is 4. The topological polar surface area (TPSA) is 74.0 Å². The molecule has 0 bridgehead atoms. The van der Waals surface area contributed by atoms with E-state index in [1.54, 1.807) is 34.9 Å². The minimum absolute atomic E-state index is 0.179. The Hall–Kier alpha value is -1.67. The Labute approximate surface area is 125 Å². The molecule has 0 aliphatic carbocycles. The molecule has 2 heterocycles. The number of hydrogen-bond donors (Lipinski definition) is 1. The second kappa shape index (κ2) is 7.20. The lowest BCUT2D eigenvalue weighted by atomic mass is 10.4. The number of carbonyl (C=O) groups is 1. The van der Waals surface area contributed by atoms with Crippen LogP contribution in [0.2, 0.25) is 0 Å². The SMILES string of the molecule is COCCCNC(=O)c1ccn(Cn2cc(Br)cn2)n1. The van der Waals surface area contributed by atoms with E-state index in [0.29, 0.717) is 25.5 Å². The molecule has 8 heteroatoms. The third-order valence-corrected chi connectivity index (χ3v) is 2.99. The molecule has 0 spiro atoms. The zero-order valence-electron chi connectivity index (χ0n) is 11.1. The summed E-state index contributed by atoms with van der Waals surface area (Å²) in [4.78, 5) is 11.8. The Bertz CT molecular complexity index is 566. The van der Waals surface area contributed by atoms with E-state index in [9.17, 15) is 4.79 Å². The highest BCUT2D eigenvalue weighted by Gasteiger charge is 2.08. The molecule has 2 aromatic heterocycles. The minimum atomic E-state index is -0.179. The monoisotopic (exact) mass is 341 g/mol. The fourth-order valence-corrected chi connectivity index (χ4v) is 1.96. The van der Waals surface area contributed by atoms with Crippen molar-refractivity contribution in [3.63, 3.8) is 0 Å². The second-order valence-electron chi connectivity index (χ2n) is 4.18. The lowest BCUT2D eigenvalue weighted by molar-refractivity contribution is 0.0942. The van der Waals surface area contributed by atoms with Crippen molar-refractivity contribution < 1.29 is 9.53 Å². The third-order valence-electron chi connectivity index (χ3n) is 2.58. The molecule has 0 aromatic carbocycles. The molecule has 2 rings (SSSR count). The second-order valence-corrected chi connectivity index (χ2v) is 5.10. The van der Waals surface area contributed by atoms with Gasteiger partial charge in [-0.15, -0.1) is 0 Å². The number of halogens is 1. The van der Waals surface area contributed by atoms with Crippen LogP contribution in [-0.2, 0) is 11.4 Å². The van der Waals surface area contributed by atoms with E-state index >= 15 is 0 Å². The molecule has 0 saturated carbocycles. The predicted molar refractivity (Wildman–Crippen MR) is 76.4 cm³/mol. The normalized spacial score (nSPS) is 10.7. The Morgan fingerprint density at radius 2 is 2.35 bits per heavy atom. The van der Waals surface area contributed by atoms with Crippen molar-refractivity contribution in [1.29, 1.82) is 0 Å². The van der Waals surface area contributed by atoms with Crippen LogP contribution in [0.4, 0.5) is 0 Å². The van der Waals surface area contributed by atoms with Crippen LogP contribution in [0.3, 0.4) is 0 Å². The Balaban J connectivity index is 1.86. The number of amides is 1. The summed E-state index contributed by atoms with van der Waals surface area (Å²) in [7, 11) is 1.64.